The molecule has 0 saturated heterocycles. The van der Waals surface area contributed by atoms with E-state index in [4.69, 9.17) is 5.11 Å². The van der Waals surface area contributed by atoms with Crippen LogP contribution in [0.2, 0.25) is 0 Å². The fraction of sp³-hybridized carbons (Fsp3) is 0.385. The number of carboxylic acids is 1. The number of benzene rings is 1. The van der Waals surface area contributed by atoms with Crippen LogP contribution in [0.15, 0.2) is 24.5 Å². The van der Waals surface area contributed by atoms with E-state index in [0.29, 0.717) is 17.5 Å². The van der Waals surface area contributed by atoms with E-state index >= 15 is 0 Å². The summed E-state index contributed by atoms with van der Waals surface area (Å²) in [4.78, 5) is 15.2. The number of carboxylic acid groups (broad SMARTS) is 1. The van der Waals surface area contributed by atoms with Crippen molar-refractivity contribution in [2.24, 2.45) is 0 Å². The Kier molecular flexibility index (Phi) is 3.55. The van der Waals surface area contributed by atoms with Crippen molar-refractivity contribution in [1.29, 1.82) is 0 Å². The summed E-state index contributed by atoms with van der Waals surface area (Å²) in [5.74, 6) is -1.02. The zero-order chi connectivity index (χ0) is 14.0. The fourth-order valence-corrected chi connectivity index (χ4v) is 2.12. The Morgan fingerprint density at radius 3 is 2.58 bits per heavy atom. The van der Waals surface area contributed by atoms with E-state index in [1.807, 2.05) is 6.92 Å². The Morgan fingerprint density at radius 1 is 1.37 bits per heavy atom. The highest BCUT2D eigenvalue weighted by Gasteiger charge is 2.30. The van der Waals surface area contributed by atoms with Gasteiger partial charge in [0.2, 0.25) is 0 Å². The summed E-state index contributed by atoms with van der Waals surface area (Å²) in [6.07, 6.45) is 2.02. The minimum atomic E-state index is -1.02. The highest BCUT2D eigenvalue weighted by Crippen LogP contribution is 2.26. The molecule has 0 saturated carbocycles. The lowest BCUT2D eigenvalue weighted by Crippen LogP contribution is -2.40. The summed E-state index contributed by atoms with van der Waals surface area (Å²) in [6, 6.07) is 4.60. The van der Waals surface area contributed by atoms with E-state index in [1.54, 1.807) is 10.6 Å². The van der Waals surface area contributed by atoms with E-state index in [1.165, 1.54) is 18.5 Å². The van der Waals surface area contributed by atoms with Gasteiger partial charge in [0, 0.05) is 0 Å². The number of aromatic carboxylic acids is 1. The number of aliphatic hydroxyl groups excluding tert-OH is 2. The molecular weight excluding hydrogens is 248 g/mol. The zero-order valence-corrected chi connectivity index (χ0v) is 10.6. The third-order valence-electron chi connectivity index (χ3n) is 3.55. The SMILES string of the molecule is CCC(CO)(CO)n1cnc2ccc(C(=O)O)cc21. The molecule has 2 aromatic rings. The van der Waals surface area contributed by atoms with Crippen LogP contribution in [0, 0.1) is 0 Å². The molecule has 0 aliphatic rings. The molecule has 0 aliphatic carbocycles. The number of aromatic nitrogens is 2. The number of carbonyl (C=O) groups is 1. The van der Waals surface area contributed by atoms with Crippen molar-refractivity contribution < 1.29 is 20.1 Å². The van der Waals surface area contributed by atoms with Gasteiger partial charge in [-0.3, -0.25) is 0 Å². The van der Waals surface area contributed by atoms with Gasteiger partial charge < -0.3 is 19.9 Å². The summed E-state index contributed by atoms with van der Waals surface area (Å²) >= 11 is 0. The first-order valence-electron chi connectivity index (χ1n) is 6.00. The molecule has 6 nitrogen and oxygen atoms in total. The Labute approximate surface area is 109 Å². The molecule has 0 unspecified atom stereocenters. The molecule has 1 heterocycles. The minimum absolute atomic E-state index is 0.148. The fourth-order valence-electron chi connectivity index (χ4n) is 2.12. The van der Waals surface area contributed by atoms with Crippen molar-refractivity contribution in [2.45, 2.75) is 18.9 Å². The molecule has 0 amide bonds. The van der Waals surface area contributed by atoms with Crippen molar-refractivity contribution in [3.63, 3.8) is 0 Å². The van der Waals surface area contributed by atoms with Crippen LogP contribution in [-0.4, -0.2) is 44.1 Å². The van der Waals surface area contributed by atoms with Gasteiger partial charge in [-0.15, -0.1) is 0 Å². The normalized spacial score (nSPS) is 11.9. The van der Waals surface area contributed by atoms with Gasteiger partial charge >= 0.3 is 5.97 Å². The number of aliphatic hydroxyl groups is 2. The number of hydrogen-bond donors (Lipinski definition) is 3. The summed E-state index contributed by atoms with van der Waals surface area (Å²) in [7, 11) is 0. The van der Waals surface area contributed by atoms with Gasteiger partial charge in [-0.25, -0.2) is 9.78 Å². The topological polar surface area (TPSA) is 95.6 Å². The molecule has 3 N–H and O–H groups in total. The van der Waals surface area contributed by atoms with Gasteiger partial charge in [0.05, 0.1) is 41.7 Å². The van der Waals surface area contributed by atoms with Crippen molar-refractivity contribution >= 4 is 17.0 Å². The Bertz CT molecular complexity index is 593. The lowest BCUT2D eigenvalue weighted by molar-refractivity contribution is 0.0628. The van der Waals surface area contributed by atoms with Gasteiger partial charge in [0.15, 0.2) is 0 Å². The van der Waals surface area contributed by atoms with Crippen LogP contribution >= 0.6 is 0 Å². The Balaban J connectivity index is 2.66. The summed E-state index contributed by atoms with van der Waals surface area (Å²) in [5.41, 5.74) is 0.496. The van der Waals surface area contributed by atoms with Crippen LogP contribution in [0.1, 0.15) is 23.7 Å². The van der Waals surface area contributed by atoms with Gasteiger partial charge in [0.25, 0.3) is 0 Å². The summed E-state index contributed by atoms with van der Waals surface area (Å²) in [6.45, 7) is 1.35. The molecule has 2 rings (SSSR count). The molecular formula is C13H16N2O4. The van der Waals surface area contributed by atoms with Gasteiger partial charge in [-0.1, -0.05) is 6.92 Å². The second kappa shape index (κ2) is 4.99. The van der Waals surface area contributed by atoms with E-state index in [0.717, 1.165) is 0 Å². The second-order valence-electron chi connectivity index (χ2n) is 4.52. The van der Waals surface area contributed by atoms with Crippen LogP contribution in [0.25, 0.3) is 11.0 Å². The number of hydrogen-bond acceptors (Lipinski definition) is 4. The first-order valence-corrected chi connectivity index (χ1v) is 6.00. The molecule has 0 fully saturated rings. The van der Waals surface area contributed by atoms with Crippen molar-refractivity contribution in [2.75, 3.05) is 13.2 Å². The lowest BCUT2D eigenvalue weighted by Gasteiger charge is -2.30. The molecule has 6 heteroatoms. The highest BCUT2D eigenvalue weighted by atomic mass is 16.4. The first-order chi connectivity index (χ1) is 9.07. The van der Waals surface area contributed by atoms with Crippen molar-refractivity contribution in [3.05, 3.63) is 30.1 Å². The van der Waals surface area contributed by atoms with Crippen molar-refractivity contribution in [1.82, 2.24) is 9.55 Å². The Morgan fingerprint density at radius 2 is 2.05 bits per heavy atom. The lowest BCUT2D eigenvalue weighted by atomic mass is 9.97. The number of imidazole rings is 1. The van der Waals surface area contributed by atoms with Crippen LogP contribution in [0.4, 0.5) is 0 Å². The molecule has 0 radical (unpaired) electrons. The Hall–Kier alpha value is -1.92. The largest absolute Gasteiger partial charge is 0.478 e. The predicted molar refractivity (Wildman–Crippen MR) is 69.1 cm³/mol. The molecule has 1 aromatic carbocycles. The molecule has 0 aliphatic heterocycles. The minimum Gasteiger partial charge on any atom is -0.478 e. The predicted octanol–water partition coefficient (Wildman–Crippen LogP) is 0.824. The van der Waals surface area contributed by atoms with E-state index < -0.39 is 11.5 Å². The first kappa shape index (κ1) is 13.5. The van der Waals surface area contributed by atoms with Crippen LogP contribution < -0.4 is 0 Å². The third kappa shape index (κ3) is 2.09. The van der Waals surface area contributed by atoms with Gasteiger partial charge in [-0.05, 0) is 24.6 Å². The van der Waals surface area contributed by atoms with Crippen LogP contribution in [0.3, 0.4) is 0 Å². The average Bonchev–Trinajstić information content (AvgIpc) is 2.85. The number of nitrogens with zero attached hydrogens (tertiary/aromatic N) is 2. The average molecular weight is 264 g/mol. The summed E-state index contributed by atoms with van der Waals surface area (Å²) < 4.78 is 1.65. The van der Waals surface area contributed by atoms with E-state index in [9.17, 15) is 15.0 Å². The molecule has 19 heavy (non-hydrogen) atoms. The quantitative estimate of drug-likeness (QED) is 0.743. The molecule has 102 valence electrons. The third-order valence-corrected chi connectivity index (χ3v) is 3.55. The monoisotopic (exact) mass is 264 g/mol. The van der Waals surface area contributed by atoms with Crippen LogP contribution in [-0.2, 0) is 5.54 Å². The molecule has 0 bridgehead atoms. The second-order valence-corrected chi connectivity index (χ2v) is 4.52. The maximum absolute atomic E-state index is 11.0. The number of fused-ring (bicyclic) bond motifs is 1. The molecule has 1 aromatic heterocycles. The highest BCUT2D eigenvalue weighted by molar-refractivity contribution is 5.92. The smallest absolute Gasteiger partial charge is 0.335 e. The molecule has 0 spiro atoms. The zero-order valence-electron chi connectivity index (χ0n) is 10.6. The molecule has 0 atom stereocenters. The van der Waals surface area contributed by atoms with Gasteiger partial charge in [-0.2, -0.15) is 0 Å². The van der Waals surface area contributed by atoms with E-state index in [-0.39, 0.29) is 18.8 Å². The number of rotatable bonds is 5. The van der Waals surface area contributed by atoms with Gasteiger partial charge in [0.1, 0.15) is 0 Å². The maximum atomic E-state index is 11.0. The van der Waals surface area contributed by atoms with Crippen LogP contribution in [0.5, 0.6) is 0 Å². The van der Waals surface area contributed by atoms with Crippen molar-refractivity contribution in [3.8, 4) is 0 Å². The van der Waals surface area contributed by atoms with E-state index in [2.05, 4.69) is 4.98 Å². The maximum Gasteiger partial charge on any atom is 0.335 e. The standard InChI is InChI=1S/C13H16N2O4/c1-2-13(6-16,7-17)15-8-14-10-4-3-9(12(18)19)5-11(10)15/h3-5,8,16-17H,2,6-7H2,1H3,(H,18,19). The summed E-state index contributed by atoms with van der Waals surface area (Å²) in [5, 5.41) is 28.1.